The largest absolute Gasteiger partial charge is 0.338 e. The van der Waals surface area contributed by atoms with Gasteiger partial charge in [0.15, 0.2) is 0 Å². The number of amides is 2. The van der Waals surface area contributed by atoms with Crippen LogP contribution < -0.4 is 16.0 Å². The molecule has 0 bridgehead atoms. The molecular formula is C18H35N3O. The number of urea groups is 1. The van der Waals surface area contributed by atoms with E-state index in [9.17, 15) is 4.79 Å². The molecule has 0 aromatic rings. The van der Waals surface area contributed by atoms with Gasteiger partial charge in [0, 0.05) is 18.6 Å². The number of nitrogens with one attached hydrogen (secondary N) is 3. The SMILES string of the molecule is CC1CCCC(NC(=O)NCCCNC2CCCCC2)C1C. The number of carbonyl (C=O) groups is 1. The number of rotatable bonds is 6. The van der Waals surface area contributed by atoms with Gasteiger partial charge in [-0.3, -0.25) is 0 Å². The van der Waals surface area contributed by atoms with Gasteiger partial charge in [0.05, 0.1) is 0 Å². The monoisotopic (exact) mass is 309 g/mol. The van der Waals surface area contributed by atoms with E-state index in [1.165, 1.54) is 44.9 Å². The molecule has 4 nitrogen and oxygen atoms in total. The second-order valence-corrected chi connectivity index (χ2v) is 7.42. The molecule has 3 unspecified atom stereocenters. The molecule has 0 aromatic heterocycles. The molecule has 0 aromatic carbocycles. The van der Waals surface area contributed by atoms with Gasteiger partial charge in [0.25, 0.3) is 0 Å². The summed E-state index contributed by atoms with van der Waals surface area (Å²) in [4.78, 5) is 12.0. The fraction of sp³-hybridized carbons (Fsp3) is 0.944. The topological polar surface area (TPSA) is 53.2 Å². The van der Waals surface area contributed by atoms with Gasteiger partial charge in [-0.05, 0) is 44.1 Å². The minimum absolute atomic E-state index is 0.0172. The van der Waals surface area contributed by atoms with E-state index in [4.69, 9.17) is 0 Å². The molecular weight excluding hydrogens is 274 g/mol. The highest BCUT2D eigenvalue weighted by Gasteiger charge is 2.27. The molecule has 3 N–H and O–H groups in total. The van der Waals surface area contributed by atoms with Crippen LogP contribution in [0.2, 0.25) is 0 Å². The Hall–Kier alpha value is -0.770. The van der Waals surface area contributed by atoms with E-state index in [2.05, 4.69) is 29.8 Å². The van der Waals surface area contributed by atoms with Gasteiger partial charge in [-0.25, -0.2) is 4.79 Å². The highest BCUT2D eigenvalue weighted by molar-refractivity contribution is 5.74. The quantitative estimate of drug-likeness (QED) is 0.659. The first-order chi connectivity index (χ1) is 10.7. The van der Waals surface area contributed by atoms with Gasteiger partial charge in [-0.1, -0.05) is 46.0 Å². The van der Waals surface area contributed by atoms with Gasteiger partial charge >= 0.3 is 6.03 Å². The lowest BCUT2D eigenvalue weighted by Crippen LogP contribution is -2.48. The maximum atomic E-state index is 12.0. The van der Waals surface area contributed by atoms with Crippen molar-refractivity contribution in [3.63, 3.8) is 0 Å². The molecule has 2 saturated carbocycles. The van der Waals surface area contributed by atoms with Crippen molar-refractivity contribution in [1.29, 1.82) is 0 Å². The van der Waals surface area contributed by atoms with Gasteiger partial charge < -0.3 is 16.0 Å². The second-order valence-electron chi connectivity index (χ2n) is 7.42. The molecule has 0 radical (unpaired) electrons. The first-order valence-electron chi connectivity index (χ1n) is 9.44. The molecule has 0 aliphatic heterocycles. The van der Waals surface area contributed by atoms with Crippen LogP contribution in [0.3, 0.4) is 0 Å². The van der Waals surface area contributed by atoms with Crippen molar-refractivity contribution in [2.75, 3.05) is 13.1 Å². The summed E-state index contributed by atoms with van der Waals surface area (Å²) >= 11 is 0. The molecule has 2 aliphatic carbocycles. The zero-order valence-corrected chi connectivity index (χ0v) is 14.5. The Kier molecular flexibility index (Phi) is 7.50. The van der Waals surface area contributed by atoms with Gasteiger partial charge in [0.1, 0.15) is 0 Å². The van der Waals surface area contributed by atoms with Crippen LogP contribution in [0.4, 0.5) is 4.79 Å². The van der Waals surface area contributed by atoms with Crippen LogP contribution in [0.25, 0.3) is 0 Å². The fourth-order valence-electron chi connectivity index (χ4n) is 3.91. The first kappa shape index (κ1) is 17.6. The Bertz CT molecular complexity index is 328. The Balaban J connectivity index is 1.52. The third kappa shape index (κ3) is 5.79. The second kappa shape index (κ2) is 9.39. The average molecular weight is 309 g/mol. The molecule has 2 aliphatic rings. The molecule has 3 atom stereocenters. The zero-order chi connectivity index (χ0) is 15.8. The molecule has 0 spiro atoms. The van der Waals surface area contributed by atoms with Gasteiger partial charge in [0.2, 0.25) is 0 Å². The van der Waals surface area contributed by atoms with Crippen molar-refractivity contribution < 1.29 is 4.79 Å². The van der Waals surface area contributed by atoms with E-state index in [0.29, 0.717) is 18.0 Å². The summed E-state index contributed by atoms with van der Waals surface area (Å²) in [5.41, 5.74) is 0. The predicted molar refractivity (Wildman–Crippen MR) is 92.0 cm³/mol. The Morgan fingerprint density at radius 3 is 2.50 bits per heavy atom. The van der Waals surface area contributed by atoms with Crippen LogP contribution >= 0.6 is 0 Å². The Labute approximate surface area is 136 Å². The summed E-state index contributed by atoms with van der Waals surface area (Å²) in [6.45, 7) is 6.35. The molecule has 128 valence electrons. The normalized spacial score (nSPS) is 30.0. The number of hydrogen-bond acceptors (Lipinski definition) is 2. The molecule has 4 heteroatoms. The van der Waals surface area contributed by atoms with Crippen molar-refractivity contribution in [3.05, 3.63) is 0 Å². The third-order valence-corrected chi connectivity index (χ3v) is 5.70. The van der Waals surface area contributed by atoms with Crippen LogP contribution in [0.5, 0.6) is 0 Å². The van der Waals surface area contributed by atoms with Gasteiger partial charge in [-0.2, -0.15) is 0 Å². The van der Waals surface area contributed by atoms with E-state index >= 15 is 0 Å². The third-order valence-electron chi connectivity index (χ3n) is 5.70. The van der Waals surface area contributed by atoms with Crippen LogP contribution in [0.1, 0.15) is 71.6 Å². The lowest BCUT2D eigenvalue weighted by atomic mass is 9.78. The van der Waals surface area contributed by atoms with Crippen LogP contribution in [0, 0.1) is 11.8 Å². The first-order valence-corrected chi connectivity index (χ1v) is 9.44. The van der Waals surface area contributed by atoms with E-state index < -0.39 is 0 Å². The lowest BCUT2D eigenvalue weighted by Gasteiger charge is -2.34. The molecule has 22 heavy (non-hydrogen) atoms. The van der Waals surface area contributed by atoms with Crippen molar-refractivity contribution in [3.8, 4) is 0 Å². The van der Waals surface area contributed by atoms with Crippen LogP contribution in [0.15, 0.2) is 0 Å². The number of hydrogen-bond donors (Lipinski definition) is 3. The summed E-state index contributed by atoms with van der Waals surface area (Å²) in [6, 6.07) is 1.08. The van der Waals surface area contributed by atoms with Crippen molar-refractivity contribution in [2.24, 2.45) is 11.8 Å². The van der Waals surface area contributed by atoms with Crippen molar-refractivity contribution in [1.82, 2.24) is 16.0 Å². The minimum atomic E-state index is 0.0172. The average Bonchev–Trinajstić information content (AvgIpc) is 2.52. The predicted octanol–water partition coefficient (Wildman–Crippen LogP) is 3.42. The van der Waals surface area contributed by atoms with Crippen LogP contribution in [-0.2, 0) is 0 Å². The molecule has 2 rings (SSSR count). The van der Waals surface area contributed by atoms with Crippen molar-refractivity contribution in [2.45, 2.75) is 83.7 Å². The summed E-state index contributed by atoms with van der Waals surface area (Å²) < 4.78 is 0. The highest BCUT2D eigenvalue weighted by atomic mass is 16.2. The van der Waals surface area contributed by atoms with E-state index in [1.54, 1.807) is 0 Å². The van der Waals surface area contributed by atoms with E-state index in [1.807, 2.05) is 0 Å². The Morgan fingerprint density at radius 1 is 0.955 bits per heavy atom. The summed E-state index contributed by atoms with van der Waals surface area (Å²) in [6.07, 6.45) is 11.5. The molecule has 2 fully saturated rings. The summed E-state index contributed by atoms with van der Waals surface area (Å²) in [5, 5.41) is 9.80. The molecule has 0 heterocycles. The van der Waals surface area contributed by atoms with Crippen molar-refractivity contribution >= 4 is 6.03 Å². The smallest absolute Gasteiger partial charge is 0.315 e. The zero-order valence-electron chi connectivity index (χ0n) is 14.5. The standard InChI is InChI=1S/C18H35N3O/c1-14-8-6-11-17(15(14)2)21-18(22)20-13-7-12-19-16-9-4-3-5-10-16/h14-17,19H,3-13H2,1-2H3,(H2,20,21,22). The molecule has 2 amide bonds. The fourth-order valence-corrected chi connectivity index (χ4v) is 3.91. The van der Waals surface area contributed by atoms with Gasteiger partial charge in [-0.15, -0.1) is 0 Å². The van der Waals surface area contributed by atoms with E-state index in [0.717, 1.165) is 31.8 Å². The minimum Gasteiger partial charge on any atom is -0.338 e. The lowest BCUT2D eigenvalue weighted by molar-refractivity contribution is 0.195. The number of carbonyl (C=O) groups excluding carboxylic acids is 1. The highest BCUT2D eigenvalue weighted by Crippen LogP contribution is 2.29. The Morgan fingerprint density at radius 2 is 1.73 bits per heavy atom. The van der Waals surface area contributed by atoms with Crippen LogP contribution in [-0.4, -0.2) is 31.2 Å². The van der Waals surface area contributed by atoms with E-state index in [-0.39, 0.29) is 6.03 Å². The maximum Gasteiger partial charge on any atom is 0.315 e. The molecule has 0 saturated heterocycles. The summed E-state index contributed by atoms with van der Waals surface area (Å²) in [7, 11) is 0. The summed E-state index contributed by atoms with van der Waals surface area (Å²) in [5.74, 6) is 1.31. The maximum absolute atomic E-state index is 12.0.